The Kier molecular flexibility index (Phi) is 5.47. The summed E-state index contributed by atoms with van der Waals surface area (Å²) in [6.07, 6.45) is 10.2. The second-order valence-electron chi connectivity index (χ2n) is 5.55. The van der Waals surface area contributed by atoms with E-state index in [-0.39, 0.29) is 5.41 Å². The molecule has 0 fully saturated rings. The van der Waals surface area contributed by atoms with Crippen LogP contribution in [0.3, 0.4) is 0 Å². The Bertz CT molecular complexity index is 384. The van der Waals surface area contributed by atoms with E-state index >= 15 is 0 Å². The highest BCUT2D eigenvalue weighted by Gasteiger charge is 2.34. The second-order valence-corrected chi connectivity index (χ2v) is 5.55. The zero-order chi connectivity index (χ0) is 13.6. The number of hydrogen-bond acceptors (Lipinski definition) is 2. The van der Waals surface area contributed by atoms with E-state index in [2.05, 4.69) is 32.9 Å². The molecule has 18 heavy (non-hydrogen) atoms. The molecule has 1 atom stereocenters. The van der Waals surface area contributed by atoms with Crippen molar-refractivity contribution in [1.29, 1.82) is 5.26 Å². The van der Waals surface area contributed by atoms with Crippen LogP contribution in [-0.4, -0.2) is 0 Å². The van der Waals surface area contributed by atoms with Crippen molar-refractivity contribution in [2.75, 3.05) is 0 Å². The first-order valence-corrected chi connectivity index (χ1v) is 7.21. The fourth-order valence-corrected chi connectivity index (χ4v) is 2.70. The van der Waals surface area contributed by atoms with Crippen molar-refractivity contribution in [3.8, 4) is 6.07 Å². The van der Waals surface area contributed by atoms with Crippen molar-refractivity contribution in [1.82, 2.24) is 0 Å². The van der Waals surface area contributed by atoms with Crippen LogP contribution < -0.4 is 5.73 Å². The van der Waals surface area contributed by atoms with Crippen molar-refractivity contribution in [3.05, 3.63) is 22.9 Å². The Balaban J connectivity index is 2.83. The lowest BCUT2D eigenvalue weighted by molar-refractivity contribution is 0.461. The first-order chi connectivity index (χ1) is 8.59. The van der Waals surface area contributed by atoms with Gasteiger partial charge in [-0.25, -0.2) is 0 Å². The molecule has 0 aromatic rings. The van der Waals surface area contributed by atoms with E-state index in [4.69, 9.17) is 5.73 Å². The van der Waals surface area contributed by atoms with Crippen LogP contribution in [0.25, 0.3) is 0 Å². The van der Waals surface area contributed by atoms with Crippen LogP contribution in [0, 0.1) is 16.7 Å². The summed E-state index contributed by atoms with van der Waals surface area (Å²) in [7, 11) is 0. The molecule has 1 rings (SSSR count). The molecule has 0 spiro atoms. The van der Waals surface area contributed by atoms with Gasteiger partial charge in [0.2, 0.25) is 0 Å². The Hall–Kier alpha value is -1.23. The normalized spacial score (nSPS) is 23.1. The van der Waals surface area contributed by atoms with Gasteiger partial charge in [0, 0.05) is 11.1 Å². The van der Waals surface area contributed by atoms with Crippen molar-refractivity contribution in [2.45, 2.75) is 65.7 Å². The number of hydrogen-bond donors (Lipinski definition) is 1. The maximum absolute atomic E-state index is 9.34. The average Bonchev–Trinajstić information content (AvgIpc) is 2.59. The van der Waals surface area contributed by atoms with E-state index in [9.17, 15) is 5.26 Å². The molecule has 0 aliphatic heterocycles. The van der Waals surface area contributed by atoms with Gasteiger partial charge in [-0.15, -0.1) is 0 Å². The molecule has 1 aliphatic carbocycles. The molecule has 100 valence electrons. The van der Waals surface area contributed by atoms with Crippen molar-refractivity contribution < 1.29 is 0 Å². The first kappa shape index (κ1) is 14.8. The fraction of sp³-hybridized carbons (Fsp3) is 0.688. The molecule has 0 saturated carbocycles. The van der Waals surface area contributed by atoms with Crippen LogP contribution >= 0.6 is 0 Å². The molecule has 1 aliphatic rings. The van der Waals surface area contributed by atoms with Gasteiger partial charge in [0.15, 0.2) is 0 Å². The van der Waals surface area contributed by atoms with Gasteiger partial charge in [0.25, 0.3) is 0 Å². The second kappa shape index (κ2) is 6.64. The summed E-state index contributed by atoms with van der Waals surface area (Å²) in [5.41, 5.74) is 8.80. The maximum atomic E-state index is 9.34. The molecule has 2 nitrogen and oxygen atoms in total. The fourth-order valence-electron chi connectivity index (χ4n) is 2.70. The highest BCUT2D eigenvalue weighted by Crippen LogP contribution is 2.43. The van der Waals surface area contributed by atoms with E-state index in [1.54, 1.807) is 0 Å². The summed E-state index contributed by atoms with van der Waals surface area (Å²) in [5, 5.41) is 9.34. The number of nitriles is 1. The lowest BCUT2D eigenvalue weighted by Crippen LogP contribution is -2.14. The lowest BCUT2D eigenvalue weighted by atomic mass is 9.80. The van der Waals surface area contributed by atoms with Crippen LogP contribution in [0.15, 0.2) is 22.9 Å². The van der Waals surface area contributed by atoms with Crippen molar-refractivity contribution >= 4 is 0 Å². The van der Waals surface area contributed by atoms with Gasteiger partial charge in [-0.2, -0.15) is 5.26 Å². The predicted molar refractivity (Wildman–Crippen MR) is 76.7 cm³/mol. The number of allylic oxidation sites excluding steroid dienone is 3. The third-order valence-corrected chi connectivity index (χ3v) is 3.89. The van der Waals surface area contributed by atoms with E-state index in [1.165, 1.54) is 24.8 Å². The Morgan fingerprint density at radius 1 is 1.22 bits per heavy atom. The van der Waals surface area contributed by atoms with Crippen LogP contribution in [0.4, 0.5) is 0 Å². The molecule has 0 amide bonds. The molecule has 2 N–H and O–H groups in total. The maximum Gasteiger partial charge on any atom is 0.0978 e. The molecule has 0 heterocycles. The van der Waals surface area contributed by atoms with Gasteiger partial charge in [0.05, 0.1) is 11.6 Å². The zero-order valence-corrected chi connectivity index (χ0v) is 12.1. The molecule has 0 unspecified atom stereocenters. The highest BCUT2D eigenvalue weighted by atomic mass is 14.6. The number of unbranched alkanes of at least 4 members (excludes halogenated alkanes) is 3. The standard InChI is InChI=1S/C16H26N2/c1-4-6-8-9-13-11-16(3,10-7-5-2)14(12-17)15(13)18/h11H,4-10,18H2,1-3H3/t16-/m1/s1. The summed E-state index contributed by atoms with van der Waals surface area (Å²) in [6, 6.07) is 2.34. The monoisotopic (exact) mass is 246 g/mol. The van der Waals surface area contributed by atoms with Gasteiger partial charge < -0.3 is 5.73 Å². The van der Waals surface area contributed by atoms with Gasteiger partial charge >= 0.3 is 0 Å². The van der Waals surface area contributed by atoms with E-state index < -0.39 is 0 Å². The van der Waals surface area contributed by atoms with Crippen molar-refractivity contribution in [3.63, 3.8) is 0 Å². The number of nitrogens with zero attached hydrogens (tertiary/aromatic N) is 1. The van der Waals surface area contributed by atoms with Gasteiger partial charge in [-0.3, -0.25) is 0 Å². The van der Waals surface area contributed by atoms with Gasteiger partial charge in [-0.1, -0.05) is 52.5 Å². The first-order valence-electron chi connectivity index (χ1n) is 7.21. The van der Waals surface area contributed by atoms with Gasteiger partial charge in [0.1, 0.15) is 0 Å². The number of nitrogens with two attached hydrogens (primary N) is 1. The highest BCUT2D eigenvalue weighted by molar-refractivity contribution is 5.52. The quantitative estimate of drug-likeness (QED) is 0.675. The third kappa shape index (κ3) is 3.16. The predicted octanol–water partition coefficient (Wildman–Crippen LogP) is 4.44. The zero-order valence-electron chi connectivity index (χ0n) is 12.1. The van der Waals surface area contributed by atoms with E-state index in [1.807, 2.05) is 0 Å². The minimum atomic E-state index is -0.115. The summed E-state index contributed by atoms with van der Waals surface area (Å²) in [4.78, 5) is 0. The van der Waals surface area contributed by atoms with E-state index in [0.29, 0.717) is 0 Å². The molecular formula is C16H26N2. The van der Waals surface area contributed by atoms with E-state index in [0.717, 1.165) is 37.0 Å². The third-order valence-electron chi connectivity index (χ3n) is 3.89. The molecule has 0 aromatic carbocycles. The molecule has 2 heteroatoms. The minimum absolute atomic E-state index is 0.115. The topological polar surface area (TPSA) is 49.8 Å². The Labute approximate surface area is 112 Å². The molecule has 0 saturated heterocycles. The Morgan fingerprint density at radius 2 is 1.89 bits per heavy atom. The lowest BCUT2D eigenvalue weighted by Gasteiger charge is -2.21. The molecule has 0 radical (unpaired) electrons. The summed E-state index contributed by atoms with van der Waals surface area (Å²) in [5.74, 6) is 0. The SMILES string of the molecule is CCCCCC1=C[C@@](C)(CCCC)C(C#N)=C1N. The van der Waals surface area contributed by atoms with Crippen LogP contribution in [-0.2, 0) is 0 Å². The number of rotatable bonds is 7. The Morgan fingerprint density at radius 3 is 2.44 bits per heavy atom. The molecule has 0 bridgehead atoms. The van der Waals surface area contributed by atoms with Gasteiger partial charge in [-0.05, 0) is 24.8 Å². The summed E-state index contributed by atoms with van der Waals surface area (Å²) >= 11 is 0. The van der Waals surface area contributed by atoms with Crippen LogP contribution in [0.1, 0.15) is 65.7 Å². The largest absolute Gasteiger partial charge is 0.398 e. The smallest absolute Gasteiger partial charge is 0.0978 e. The van der Waals surface area contributed by atoms with Crippen LogP contribution in [0.2, 0.25) is 0 Å². The van der Waals surface area contributed by atoms with Crippen LogP contribution in [0.5, 0.6) is 0 Å². The average molecular weight is 246 g/mol. The molecular weight excluding hydrogens is 220 g/mol. The van der Waals surface area contributed by atoms with Crippen molar-refractivity contribution in [2.24, 2.45) is 11.1 Å². The minimum Gasteiger partial charge on any atom is -0.398 e. The summed E-state index contributed by atoms with van der Waals surface area (Å²) < 4.78 is 0. The molecule has 0 aromatic heterocycles. The summed E-state index contributed by atoms with van der Waals surface area (Å²) in [6.45, 7) is 6.54.